The number of benzene rings is 5. The first-order chi connectivity index (χ1) is 29.0. The number of unbranched alkanes of at least 4 members (excludes halogenated alkanes) is 2. The van der Waals surface area contributed by atoms with Crippen LogP contribution in [0.25, 0.3) is 10.9 Å². The molecule has 1 aromatic heterocycles. The summed E-state index contributed by atoms with van der Waals surface area (Å²) in [4.78, 5) is 0.218. The molecule has 10 nitrogen and oxygen atoms in total. The SMILES string of the molecule is NCCCCCOC[C@@H]1O[C@H](OCCc2cn(S(=O)(=O)c3ccccc3)c3ccccc23)[C@@H](OCc2ccccc2)[C@H](OCc2ccccc2)[C@H]1OCc1ccccc1. The molecule has 1 saturated heterocycles. The Bertz CT molecular complexity index is 2240. The van der Waals surface area contributed by atoms with Crippen molar-refractivity contribution in [1.82, 2.24) is 3.97 Å². The van der Waals surface area contributed by atoms with Gasteiger partial charge in [0.15, 0.2) is 6.29 Å². The van der Waals surface area contributed by atoms with Gasteiger partial charge < -0.3 is 34.2 Å². The van der Waals surface area contributed by atoms with Crippen molar-refractivity contribution in [3.63, 3.8) is 0 Å². The van der Waals surface area contributed by atoms with Crippen molar-refractivity contribution >= 4 is 20.9 Å². The fourth-order valence-electron chi connectivity index (χ4n) is 7.35. The van der Waals surface area contributed by atoms with Gasteiger partial charge in [0.05, 0.1) is 43.4 Å². The molecule has 7 rings (SSSR count). The Hall–Kier alpha value is -4.69. The van der Waals surface area contributed by atoms with Crippen LogP contribution in [-0.2, 0) is 64.7 Å². The van der Waals surface area contributed by atoms with E-state index < -0.39 is 40.7 Å². The van der Waals surface area contributed by atoms with Gasteiger partial charge in [0.2, 0.25) is 0 Å². The van der Waals surface area contributed by atoms with Crippen molar-refractivity contribution in [1.29, 1.82) is 0 Å². The molecule has 310 valence electrons. The van der Waals surface area contributed by atoms with Gasteiger partial charge in [0.25, 0.3) is 10.0 Å². The standard InChI is InChI=1S/C48H54N2O8S/c49-29-16-5-17-30-53-36-44-45(55-33-37-18-6-1-7-19-37)46(56-34-38-20-8-2-9-21-38)47(57-35-39-22-10-3-11-23-39)48(58-44)54-31-28-40-32-50(43-27-15-14-26-42(40)43)59(51,52)41-24-12-4-13-25-41/h1-4,6-15,18-27,32,44-48H,5,16-17,28-31,33-36,49H2/t44-,45-,46+,47-,48-/m0/s1. The highest BCUT2D eigenvalue weighted by atomic mass is 32.2. The average Bonchev–Trinajstić information content (AvgIpc) is 3.66. The summed E-state index contributed by atoms with van der Waals surface area (Å²) in [7, 11) is -3.84. The lowest BCUT2D eigenvalue weighted by Gasteiger charge is -2.46. The fraction of sp³-hybridized carbons (Fsp3) is 0.333. The highest BCUT2D eigenvalue weighted by Crippen LogP contribution is 2.33. The van der Waals surface area contributed by atoms with Crippen LogP contribution in [0, 0.1) is 0 Å². The van der Waals surface area contributed by atoms with E-state index in [1.807, 2.05) is 115 Å². The van der Waals surface area contributed by atoms with Crippen molar-refractivity contribution in [3.8, 4) is 0 Å². The molecule has 11 heteroatoms. The van der Waals surface area contributed by atoms with E-state index in [1.54, 1.807) is 36.5 Å². The van der Waals surface area contributed by atoms with Gasteiger partial charge in [0.1, 0.15) is 24.4 Å². The smallest absolute Gasteiger partial charge is 0.268 e. The van der Waals surface area contributed by atoms with Crippen LogP contribution >= 0.6 is 0 Å². The Morgan fingerprint density at radius 2 is 1.12 bits per heavy atom. The molecule has 1 fully saturated rings. The molecule has 2 heterocycles. The van der Waals surface area contributed by atoms with Gasteiger partial charge >= 0.3 is 0 Å². The first kappa shape index (κ1) is 42.4. The maximum Gasteiger partial charge on any atom is 0.268 e. The van der Waals surface area contributed by atoms with Gasteiger partial charge in [-0.3, -0.25) is 0 Å². The highest BCUT2D eigenvalue weighted by Gasteiger charge is 2.49. The predicted octanol–water partition coefficient (Wildman–Crippen LogP) is 8.06. The Morgan fingerprint density at radius 1 is 0.576 bits per heavy atom. The van der Waals surface area contributed by atoms with Crippen LogP contribution in [0.5, 0.6) is 0 Å². The summed E-state index contributed by atoms with van der Waals surface area (Å²) >= 11 is 0. The van der Waals surface area contributed by atoms with E-state index in [2.05, 4.69) is 0 Å². The molecule has 0 saturated carbocycles. The van der Waals surface area contributed by atoms with E-state index in [4.69, 9.17) is 34.2 Å². The van der Waals surface area contributed by atoms with Gasteiger partial charge in [-0.15, -0.1) is 0 Å². The second-order valence-electron chi connectivity index (χ2n) is 14.7. The highest BCUT2D eigenvalue weighted by molar-refractivity contribution is 7.90. The molecule has 1 aliphatic rings. The molecule has 0 unspecified atom stereocenters. The zero-order valence-corrected chi connectivity index (χ0v) is 34.1. The van der Waals surface area contributed by atoms with Crippen LogP contribution in [0.4, 0.5) is 0 Å². The molecule has 5 aromatic carbocycles. The molecule has 6 aromatic rings. The molecule has 1 aliphatic heterocycles. The minimum absolute atomic E-state index is 0.211. The second kappa shape index (κ2) is 21.5. The van der Waals surface area contributed by atoms with Crippen LogP contribution in [0.15, 0.2) is 157 Å². The minimum atomic E-state index is -3.84. The van der Waals surface area contributed by atoms with E-state index in [-0.39, 0.29) is 18.1 Å². The summed E-state index contributed by atoms with van der Waals surface area (Å²) in [6, 6.07) is 46.0. The van der Waals surface area contributed by atoms with Crippen LogP contribution in [-0.4, -0.2) is 69.5 Å². The summed E-state index contributed by atoms with van der Waals surface area (Å²) in [6.07, 6.45) is 1.56. The van der Waals surface area contributed by atoms with Crippen LogP contribution in [0.3, 0.4) is 0 Å². The quantitative estimate of drug-likeness (QED) is 0.0679. The van der Waals surface area contributed by atoms with Gasteiger partial charge in [-0.25, -0.2) is 12.4 Å². The third kappa shape index (κ3) is 11.3. The molecule has 2 N–H and O–H groups in total. The predicted molar refractivity (Wildman–Crippen MR) is 228 cm³/mol. The lowest BCUT2D eigenvalue weighted by atomic mass is 9.97. The van der Waals surface area contributed by atoms with E-state index in [9.17, 15) is 8.42 Å². The molecular weight excluding hydrogens is 765 g/mol. The van der Waals surface area contributed by atoms with Gasteiger partial charge in [-0.1, -0.05) is 127 Å². The summed E-state index contributed by atoms with van der Waals surface area (Å²) in [5.41, 5.74) is 10.2. The van der Waals surface area contributed by atoms with Crippen molar-refractivity contribution in [2.24, 2.45) is 5.73 Å². The monoisotopic (exact) mass is 818 g/mol. The van der Waals surface area contributed by atoms with Crippen LogP contribution in [0.1, 0.15) is 41.5 Å². The number of fused-ring (bicyclic) bond motifs is 1. The summed E-state index contributed by atoms with van der Waals surface area (Å²) < 4.78 is 69.2. The number of ether oxygens (including phenoxy) is 6. The number of aromatic nitrogens is 1. The first-order valence-corrected chi connectivity index (χ1v) is 21.9. The third-order valence-corrected chi connectivity index (χ3v) is 12.1. The summed E-state index contributed by atoms with van der Waals surface area (Å²) in [5.74, 6) is 0. The largest absolute Gasteiger partial charge is 0.379 e. The number of nitrogens with two attached hydrogens (primary N) is 1. The molecular formula is C48H54N2O8S. The second-order valence-corrected chi connectivity index (χ2v) is 16.5. The topological polar surface area (TPSA) is 120 Å². The zero-order chi connectivity index (χ0) is 40.7. The molecule has 0 bridgehead atoms. The van der Waals surface area contributed by atoms with Crippen LogP contribution < -0.4 is 5.73 Å². The first-order valence-electron chi connectivity index (χ1n) is 20.4. The fourth-order valence-corrected chi connectivity index (χ4v) is 8.76. The molecule has 5 atom stereocenters. The number of rotatable bonds is 22. The van der Waals surface area contributed by atoms with E-state index in [1.165, 1.54) is 3.97 Å². The Balaban J connectivity index is 1.18. The van der Waals surface area contributed by atoms with E-state index in [0.29, 0.717) is 44.9 Å². The minimum Gasteiger partial charge on any atom is -0.379 e. The Labute approximate surface area is 347 Å². The molecule has 0 amide bonds. The van der Waals surface area contributed by atoms with Crippen molar-refractivity contribution in [3.05, 3.63) is 174 Å². The molecule has 0 aliphatic carbocycles. The van der Waals surface area contributed by atoms with Crippen molar-refractivity contribution < 1.29 is 36.8 Å². The molecule has 0 spiro atoms. The summed E-state index contributed by atoms with van der Waals surface area (Å²) in [5, 5.41) is 0.830. The van der Waals surface area contributed by atoms with Gasteiger partial charge in [0, 0.05) is 18.2 Å². The molecule has 59 heavy (non-hydrogen) atoms. The van der Waals surface area contributed by atoms with E-state index >= 15 is 0 Å². The van der Waals surface area contributed by atoms with Gasteiger partial charge in [-0.05, 0) is 72.7 Å². The summed E-state index contributed by atoms with van der Waals surface area (Å²) in [6.45, 7) is 2.60. The molecule has 0 radical (unpaired) electrons. The maximum absolute atomic E-state index is 13.8. The van der Waals surface area contributed by atoms with Crippen molar-refractivity contribution in [2.75, 3.05) is 26.4 Å². The average molecular weight is 819 g/mol. The maximum atomic E-state index is 13.8. The lowest BCUT2D eigenvalue weighted by molar-refractivity contribution is -0.328. The van der Waals surface area contributed by atoms with E-state index in [0.717, 1.165) is 46.9 Å². The number of nitrogens with zero attached hydrogens (tertiary/aromatic N) is 1. The number of hydrogen-bond donors (Lipinski definition) is 1. The zero-order valence-electron chi connectivity index (χ0n) is 33.3. The van der Waals surface area contributed by atoms with Crippen LogP contribution in [0.2, 0.25) is 0 Å². The number of para-hydroxylation sites is 1. The Kier molecular flexibility index (Phi) is 15.5. The third-order valence-electron chi connectivity index (χ3n) is 10.4. The van der Waals surface area contributed by atoms with Gasteiger partial charge in [-0.2, -0.15) is 0 Å². The number of hydrogen-bond acceptors (Lipinski definition) is 9. The lowest BCUT2D eigenvalue weighted by Crippen LogP contribution is -2.61. The normalized spacial score (nSPS) is 19.6. The van der Waals surface area contributed by atoms with Crippen molar-refractivity contribution in [2.45, 2.75) is 81.1 Å². The Morgan fingerprint density at radius 3 is 1.73 bits per heavy atom.